The van der Waals surface area contributed by atoms with Crippen LogP contribution in [0.4, 0.5) is 8.78 Å². The average Bonchev–Trinajstić information content (AvgIpc) is 2.43. The molecule has 0 radical (unpaired) electrons. The van der Waals surface area contributed by atoms with Gasteiger partial charge in [0, 0.05) is 5.54 Å². The van der Waals surface area contributed by atoms with Crippen molar-refractivity contribution >= 4 is 0 Å². The first-order valence-electron chi connectivity index (χ1n) is 6.90. The Balaban J connectivity index is 2.00. The van der Waals surface area contributed by atoms with Gasteiger partial charge in [0.2, 0.25) is 0 Å². The summed E-state index contributed by atoms with van der Waals surface area (Å²) in [6, 6.07) is 11.6. The lowest BCUT2D eigenvalue weighted by Crippen LogP contribution is -2.42. The van der Waals surface area contributed by atoms with Crippen LogP contribution in [-0.2, 0) is 18.4 Å². The summed E-state index contributed by atoms with van der Waals surface area (Å²) < 4.78 is 27.2. The topological polar surface area (TPSA) is 26.0 Å². The predicted molar refractivity (Wildman–Crippen MR) is 75.3 cm³/mol. The van der Waals surface area contributed by atoms with Gasteiger partial charge in [0.05, 0.1) is 0 Å². The number of fused-ring (bicyclic) bond motifs is 1. The normalized spacial score (nSPS) is 21.6. The Bertz CT molecular complexity index is 639. The molecule has 0 bridgehead atoms. The second kappa shape index (κ2) is 4.98. The molecule has 1 aliphatic carbocycles. The SMILES string of the molecule is NC1(Cc2cc(F)ccc2F)CCCc2ccccc21. The maximum absolute atomic E-state index is 13.8. The summed E-state index contributed by atoms with van der Waals surface area (Å²) in [5.74, 6) is -0.812. The molecule has 2 aromatic carbocycles. The van der Waals surface area contributed by atoms with E-state index in [1.54, 1.807) is 0 Å². The lowest BCUT2D eigenvalue weighted by molar-refractivity contribution is 0.363. The van der Waals surface area contributed by atoms with Crippen LogP contribution in [0, 0.1) is 11.6 Å². The Labute approximate surface area is 117 Å². The van der Waals surface area contributed by atoms with Crippen LogP contribution >= 0.6 is 0 Å². The molecule has 0 aromatic heterocycles. The number of halogens is 2. The van der Waals surface area contributed by atoms with E-state index in [-0.39, 0.29) is 5.82 Å². The molecule has 0 fully saturated rings. The van der Waals surface area contributed by atoms with Gasteiger partial charge in [-0.1, -0.05) is 24.3 Å². The summed E-state index contributed by atoms with van der Waals surface area (Å²) in [7, 11) is 0. The van der Waals surface area contributed by atoms with Crippen molar-refractivity contribution in [2.24, 2.45) is 5.73 Å². The molecular formula is C17H17F2N. The first-order valence-corrected chi connectivity index (χ1v) is 6.90. The van der Waals surface area contributed by atoms with Crippen molar-refractivity contribution in [2.75, 3.05) is 0 Å². The molecule has 104 valence electrons. The molecule has 0 spiro atoms. The largest absolute Gasteiger partial charge is 0.321 e. The third kappa shape index (κ3) is 2.34. The summed E-state index contributed by atoms with van der Waals surface area (Å²) in [5, 5.41) is 0. The van der Waals surface area contributed by atoms with Gasteiger partial charge in [-0.2, -0.15) is 0 Å². The van der Waals surface area contributed by atoms with Crippen molar-refractivity contribution in [3.8, 4) is 0 Å². The fourth-order valence-corrected chi connectivity index (χ4v) is 3.16. The standard InChI is InChI=1S/C17H17F2N/c18-14-7-8-16(19)13(10-14)11-17(20)9-3-5-12-4-1-2-6-15(12)17/h1-2,4,6-8,10H,3,5,9,11,20H2. The molecule has 0 amide bonds. The Kier molecular flexibility index (Phi) is 3.30. The molecule has 1 nitrogen and oxygen atoms in total. The van der Waals surface area contributed by atoms with Crippen LogP contribution in [0.15, 0.2) is 42.5 Å². The third-order valence-corrected chi connectivity index (χ3v) is 4.14. The van der Waals surface area contributed by atoms with Gasteiger partial charge in [-0.15, -0.1) is 0 Å². The first kappa shape index (κ1) is 13.3. The Hall–Kier alpha value is -1.74. The molecule has 1 aliphatic rings. The molecule has 3 rings (SSSR count). The van der Waals surface area contributed by atoms with E-state index in [1.807, 2.05) is 18.2 Å². The van der Waals surface area contributed by atoms with Crippen LogP contribution < -0.4 is 5.73 Å². The zero-order valence-electron chi connectivity index (χ0n) is 11.2. The summed E-state index contributed by atoms with van der Waals surface area (Å²) >= 11 is 0. The van der Waals surface area contributed by atoms with Gasteiger partial charge in [-0.25, -0.2) is 8.78 Å². The highest BCUT2D eigenvalue weighted by Crippen LogP contribution is 2.36. The number of nitrogens with two attached hydrogens (primary N) is 1. The van der Waals surface area contributed by atoms with Gasteiger partial charge in [-0.3, -0.25) is 0 Å². The number of aryl methyl sites for hydroxylation is 1. The van der Waals surface area contributed by atoms with Crippen molar-refractivity contribution in [2.45, 2.75) is 31.2 Å². The maximum Gasteiger partial charge on any atom is 0.126 e. The number of rotatable bonds is 2. The van der Waals surface area contributed by atoms with E-state index in [4.69, 9.17) is 5.73 Å². The Morgan fingerprint density at radius 3 is 2.75 bits per heavy atom. The molecule has 3 heteroatoms. The molecule has 0 aliphatic heterocycles. The summed E-state index contributed by atoms with van der Waals surface area (Å²) in [6.07, 6.45) is 3.10. The van der Waals surface area contributed by atoms with E-state index in [0.717, 1.165) is 30.9 Å². The van der Waals surface area contributed by atoms with E-state index >= 15 is 0 Å². The predicted octanol–water partition coefficient (Wildman–Crippen LogP) is 3.70. The van der Waals surface area contributed by atoms with Crippen LogP contribution in [0.1, 0.15) is 29.5 Å². The van der Waals surface area contributed by atoms with E-state index in [1.165, 1.54) is 17.7 Å². The van der Waals surface area contributed by atoms with Crippen molar-refractivity contribution in [1.29, 1.82) is 0 Å². The van der Waals surface area contributed by atoms with Crippen molar-refractivity contribution in [3.63, 3.8) is 0 Å². The smallest absolute Gasteiger partial charge is 0.126 e. The minimum absolute atomic E-state index is 0.327. The van der Waals surface area contributed by atoms with Gasteiger partial charge in [0.25, 0.3) is 0 Å². The second-order valence-corrected chi connectivity index (χ2v) is 5.58. The minimum Gasteiger partial charge on any atom is -0.321 e. The summed E-state index contributed by atoms with van der Waals surface area (Å²) in [4.78, 5) is 0. The second-order valence-electron chi connectivity index (χ2n) is 5.58. The molecule has 0 heterocycles. The molecule has 0 saturated heterocycles. The molecule has 1 unspecified atom stereocenters. The quantitative estimate of drug-likeness (QED) is 0.887. The van der Waals surface area contributed by atoms with Crippen LogP contribution in [0.2, 0.25) is 0 Å². The minimum atomic E-state index is -0.608. The van der Waals surface area contributed by atoms with Gasteiger partial charge in [-0.05, 0) is 60.6 Å². The Morgan fingerprint density at radius 2 is 1.90 bits per heavy atom. The number of benzene rings is 2. The fraction of sp³-hybridized carbons (Fsp3) is 0.294. The monoisotopic (exact) mass is 273 g/mol. The van der Waals surface area contributed by atoms with E-state index in [2.05, 4.69) is 6.07 Å². The van der Waals surface area contributed by atoms with Crippen LogP contribution in [0.5, 0.6) is 0 Å². The average molecular weight is 273 g/mol. The molecule has 1 atom stereocenters. The van der Waals surface area contributed by atoms with Gasteiger partial charge >= 0.3 is 0 Å². The number of hydrogen-bond acceptors (Lipinski definition) is 1. The van der Waals surface area contributed by atoms with Gasteiger partial charge in [0.15, 0.2) is 0 Å². The zero-order valence-corrected chi connectivity index (χ0v) is 11.2. The lowest BCUT2D eigenvalue weighted by atomic mass is 9.74. The van der Waals surface area contributed by atoms with E-state index < -0.39 is 11.4 Å². The molecule has 20 heavy (non-hydrogen) atoms. The highest BCUT2D eigenvalue weighted by Gasteiger charge is 2.33. The maximum atomic E-state index is 13.8. The third-order valence-electron chi connectivity index (χ3n) is 4.14. The van der Waals surface area contributed by atoms with E-state index in [0.29, 0.717) is 12.0 Å². The lowest BCUT2D eigenvalue weighted by Gasteiger charge is -2.36. The Morgan fingerprint density at radius 1 is 1.10 bits per heavy atom. The van der Waals surface area contributed by atoms with Crippen molar-refractivity contribution in [3.05, 3.63) is 70.8 Å². The van der Waals surface area contributed by atoms with Crippen LogP contribution in [0.25, 0.3) is 0 Å². The van der Waals surface area contributed by atoms with Crippen LogP contribution in [0.3, 0.4) is 0 Å². The molecule has 0 saturated carbocycles. The first-order chi connectivity index (χ1) is 9.58. The van der Waals surface area contributed by atoms with Gasteiger partial charge < -0.3 is 5.73 Å². The molecule has 2 N–H and O–H groups in total. The fourth-order valence-electron chi connectivity index (χ4n) is 3.16. The molecular weight excluding hydrogens is 256 g/mol. The highest BCUT2D eigenvalue weighted by atomic mass is 19.1. The van der Waals surface area contributed by atoms with E-state index in [9.17, 15) is 8.78 Å². The summed E-state index contributed by atoms with van der Waals surface area (Å²) in [5.41, 5.74) is 8.56. The molecule has 2 aromatic rings. The van der Waals surface area contributed by atoms with Crippen molar-refractivity contribution < 1.29 is 8.78 Å². The van der Waals surface area contributed by atoms with Gasteiger partial charge in [0.1, 0.15) is 11.6 Å². The van der Waals surface area contributed by atoms with Crippen LogP contribution in [-0.4, -0.2) is 0 Å². The zero-order chi connectivity index (χ0) is 14.2. The van der Waals surface area contributed by atoms with Crippen molar-refractivity contribution in [1.82, 2.24) is 0 Å². The summed E-state index contributed by atoms with van der Waals surface area (Å²) in [6.45, 7) is 0. The number of hydrogen-bond donors (Lipinski definition) is 1. The highest BCUT2D eigenvalue weighted by molar-refractivity contribution is 5.38.